The molecule has 0 atom stereocenters. The summed E-state index contributed by atoms with van der Waals surface area (Å²) in [5, 5.41) is 2.73. The van der Waals surface area contributed by atoms with Crippen LogP contribution in [0.4, 0.5) is 10.1 Å². The molecule has 5 heteroatoms. The number of carbonyl (C=O) groups excluding carboxylic acids is 1. The Morgan fingerprint density at radius 2 is 2.05 bits per heavy atom. The molecule has 0 saturated heterocycles. The van der Waals surface area contributed by atoms with Crippen LogP contribution in [0.2, 0.25) is 0 Å². The first-order valence-electron chi connectivity index (χ1n) is 6.60. The summed E-state index contributed by atoms with van der Waals surface area (Å²) in [6, 6.07) is 11.4. The molecule has 2 aromatic carbocycles. The third kappa shape index (κ3) is 4.04. The fraction of sp³-hybridized carbons (Fsp3) is 0.188. The maximum atomic E-state index is 13.4. The Balaban J connectivity index is 2.14. The molecule has 0 spiro atoms. The molecule has 0 radical (unpaired) electrons. The van der Waals surface area contributed by atoms with E-state index in [1.807, 2.05) is 13.0 Å². The minimum Gasteiger partial charge on any atom is -0.494 e. The molecule has 1 N–H and O–H groups in total. The Labute approximate surface area is 131 Å². The van der Waals surface area contributed by atoms with Crippen molar-refractivity contribution in [2.75, 3.05) is 11.9 Å². The molecule has 1 amide bonds. The largest absolute Gasteiger partial charge is 0.494 e. The molecule has 0 saturated carbocycles. The Kier molecular flexibility index (Phi) is 5.33. The summed E-state index contributed by atoms with van der Waals surface area (Å²) in [5.74, 6) is -0.162. The number of benzene rings is 2. The van der Waals surface area contributed by atoms with Gasteiger partial charge < -0.3 is 10.1 Å². The summed E-state index contributed by atoms with van der Waals surface area (Å²) in [4.78, 5) is 12.2. The van der Waals surface area contributed by atoms with E-state index in [9.17, 15) is 9.18 Å². The SMILES string of the molecule is CCCOc1cccc(NC(=O)c2cccc(F)c2Br)c1. The van der Waals surface area contributed by atoms with Gasteiger partial charge in [-0.3, -0.25) is 4.79 Å². The van der Waals surface area contributed by atoms with Crippen molar-refractivity contribution < 1.29 is 13.9 Å². The van der Waals surface area contributed by atoms with Gasteiger partial charge in [-0.1, -0.05) is 19.1 Å². The average molecular weight is 352 g/mol. The standard InChI is InChI=1S/C16H15BrFNO2/c1-2-9-21-12-6-3-5-11(10-12)19-16(20)13-7-4-8-14(18)15(13)17/h3-8,10H,2,9H2,1H3,(H,19,20). The fourth-order valence-corrected chi connectivity index (χ4v) is 2.21. The Morgan fingerprint density at radius 1 is 1.29 bits per heavy atom. The highest BCUT2D eigenvalue weighted by atomic mass is 79.9. The molecule has 3 nitrogen and oxygen atoms in total. The number of halogens is 2. The highest BCUT2D eigenvalue weighted by molar-refractivity contribution is 9.10. The van der Waals surface area contributed by atoms with E-state index in [1.165, 1.54) is 12.1 Å². The van der Waals surface area contributed by atoms with E-state index in [0.29, 0.717) is 18.0 Å². The number of nitrogens with one attached hydrogen (secondary N) is 1. The van der Waals surface area contributed by atoms with Crippen molar-refractivity contribution in [1.29, 1.82) is 0 Å². The van der Waals surface area contributed by atoms with Gasteiger partial charge in [-0.05, 0) is 46.6 Å². The number of amides is 1. The first-order valence-corrected chi connectivity index (χ1v) is 7.39. The van der Waals surface area contributed by atoms with E-state index in [2.05, 4.69) is 21.2 Å². The van der Waals surface area contributed by atoms with Gasteiger partial charge in [0.25, 0.3) is 5.91 Å². The summed E-state index contributed by atoms with van der Waals surface area (Å²) in [6.45, 7) is 2.64. The van der Waals surface area contributed by atoms with Gasteiger partial charge in [0.2, 0.25) is 0 Å². The van der Waals surface area contributed by atoms with E-state index in [-0.39, 0.29) is 15.9 Å². The second kappa shape index (κ2) is 7.22. The Hall–Kier alpha value is -1.88. The highest BCUT2D eigenvalue weighted by Crippen LogP contribution is 2.23. The molecular formula is C16H15BrFNO2. The lowest BCUT2D eigenvalue weighted by molar-refractivity contribution is 0.102. The Bertz CT molecular complexity index is 646. The third-order valence-corrected chi connectivity index (χ3v) is 3.57. The average Bonchev–Trinajstić information content (AvgIpc) is 2.48. The molecule has 21 heavy (non-hydrogen) atoms. The number of ether oxygens (including phenoxy) is 1. The van der Waals surface area contributed by atoms with E-state index >= 15 is 0 Å². The second-order valence-electron chi connectivity index (χ2n) is 4.43. The number of hydrogen-bond donors (Lipinski definition) is 1. The van der Waals surface area contributed by atoms with Gasteiger partial charge in [0.15, 0.2) is 0 Å². The van der Waals surface area contributed by atoms with Crippen LogP contribution in [-0.4, -0.2) is 12.5 Å². The minimum atomic E-state index is -0.470. The first-order chi connectivity index (χ1) is 10.1. The summed E-state index contributed by atoms with van der Waals surface area (Å²) >= 11 is 3.08. The van der Waals surface area contributed by atoms with Crippen LogP contribution in [0, 0.1) is 5.82 Å². The van der Waals surface area contributed by atoms with E-state index in [0.717, 1.165) is 6.42 Å². The van der Waals surface area contributed by atoms with Crippen LogP contribution >= 0.6 is 15.9 Å². The minimum absolute atomic E-state index is 0.154. The molecule has 0 bridgehead atoms. The topological polar surface area (TPSA) is 38.3 Å². The van der Waals surface area contributed by atoms with Crippen molar-refractivity contribution in [1.82, 2.24) is 0 Å². The van der Waals surface area contributed by atoms with Crippen LogP contribution < -0.4 is 10.1 Å². The number of anilines is 1. The van der Waals surface area contributed by atoms with Gasteiger partial charge in [-0.25, -0.2) is 4.39 Å². The Morgan fingerprint density at radius 3 is 2.81 bits per heavy atom. The van der Waals surface area contributed by atoms with Crippen LogP contribution in [0.25, 0.3) is 0 Å². The molecule has 0 heterocycles. The predicted molar refractivity (Wildman–Crippen MR) is 84.3 cm³/mol. The second-order valence-corrected chi connectivity index (χ2v) is 5.22. The first kappa shape index (κ1) is 15.5. The molecule has 0 aromatic heterocycles. The molecule has 0 aliphatic carbocycles. The van der Waals surface area contributed by atoms with Gasteiger partial charge >= 0.3 is 0 Å². The predicted octanol–water partition coefficient (Wildman–Crippen LogP) is 4.63. The van der Waals surface area contributed by atoms with Gasteiger partial charge in [0.05, 0.1) is 16.6 Å². The van der Waals surface area contributed by atoms with Crippen molar-refractivity contribution >= 4 is 27.5 Å². The fourth-order valence-electron chi connectivity index (χ4n) is 1.76. The maximum Gasteiger partial charge on any atom is 0.256 e. The lowest BCUT2D eigenvalue weighted by Crippen LogP contribution is -2.13. The van der Waals surface area contributed by atoms with E-state index in [4.69, 9.17) is 4.74 Å². The van der Waals surface area contributed by atoms with E-state index in [1.54, 1.807) is 24.3 Å². The zero-order chi connectivity index (χ0) is 15.2. The normalized spacial score (nSPS) is 10.2. The summed E-state index contributed by atoms with van der Waals surface area (Å²) in [7, 11) is 0. The summed E-state index contributed by atoms with van der Waals surface area (Å²) < 4.78 is 19.1. The van der Waals surface area contributed by atoms with Crippen molar-refractivity contribution in [3.8, 4) is 5.75 Å². The monoisotopic (exact) mass is 351 g/mol. The van der Waals surface area contributed by atoms with Crippen LogP contribution in [0.1, 0.15) is 23.7 Å². The van der Waals surface area contributed by atoms with E-state index < -0.39 is 5.82 Å². The van der Waals surface area contributed by atoms with Crippen molar-refractivity contribution in [3.05, 3.63) is 58.3 Å². The molecule has 0 unspecified atom stereocenters. The van der Waals surface area contributed by atoms with Crippen LogP contribution in [0.15, 0.2) is 46.9 Å². The number of carbonyl (C=O) groups is 1. The summed E-state index contributed by atoms with van der Waals surface area (Å²) in [5.41, 5.74) is 0.847. The summed E-state index contributed by atoms with van der Waals surface area (Å²) in [6.07, 6.45) is 0.910. The maximum absolute atomic E-state index is 13.4. The lowest BCUT2D eigenvalue weighted by atomic mass is 10.2. The molecule has 110 valence electrons. The zero-order valence-electron chi connectivity index (χ0n) is 11.5. The highest BCUT2D eigenvalue weighted by Gasteiger charge is 2.13. The zero-order valence-corrected chi connectivity index (χ0v) is 13.1. The molecular weight excluding hydrogens is 337 g/mol. The molecule has 2 aromatic rings. The van der Waals surface area contributed by atoms with Crippen LogP contribution in [0.5, 0.6) is 5.75 Å². The lowest BCUT2D eigenvalue weighted by Gasteiger charge is -2.09. The number of hydrogen-bond acceptors (Lipinski definition) is 2. The van der Waals surface area contributed by atoms with Gasteiger partial charge in [-0.15, -0.1) is 0 Å². The third-order valence-electron chi connectivity index (χ3n) is 2.76. The molecule has 0 fully saturated rings. The van der Waals surface area contributed by atoms with Gasteiger partial charge in [0, 0.05) is 11.8 Å². The van der Waals surface area contributed by atoms with Crippen molar-refractivity contribution in [3.63, 3.8) is 0 Å². The van der Waals surface area contributed by atoms with Crippen LogP contribution in [0.3, 0.4) is 0 Å². The smallest absolute Gasteiger partial charge is 0.256 e. The van der Waals surface area contributed by atoms with Crippen molar-refractivity contribution in [2.24, 2.45) is 0 Å². The quantitative estimate of drug-likeness (QED) is 0.852. The van der Waals surface area contributed by atoms with Gasteiger partial charge in [0.1, 0.15) is 11.6 Å². The van der Waals surface area contributed by atoms with Crippen molar-refractivity contribution in [2.45, 2.75) is 13.3 Å². The molecule has 0 aliphatic rings. The number of rotatable bonds is 5. The molecule has 0 aliphatic heterocycles. The van der Waals surface area contributed by atoms with Crippen LogP contribution in [-0.2, 0) is 0 Å². The van der Waals surface area contributed by atoms with Gasteiger partial charge in [-0.2, -0.15) is 0 Å². The molecule has 2 rings (SSSR count).